The van der Waals surface area contributed by atoms with Crippen LogP contribution in [0.4, 0.5) is 0 Å². The molecule has 0 radical (unpaired) electrons. The van der Waals surface area contributed by atoms with E-state index in [-0.39, 0.29) is 12.4 Å². The summed E-state index contributed by atoms with van der Waals surface area (Å²) in [6.45, 7) is 3.29. The minimum atomic E-state index is -1.11. The minimum absolute atomic E-state index is 0.223. The zero-order valence-electron chi connectivity index (χ0n) is 21.2. The second-order valence-electron chi connectivity index (χ2n) is 8.97. The van der Waals surface area contributed by atoms with Crippen molar-refractivity contribution in [1.29, 1.82) is 0 Å². The van der Waals surface area contributed by atoms with Crippen LogP contribution < -0.4 is 15.7 Å². The lowest BCUT2D eigenvalue weighted by Gasteiger charge is -2.16. The number of rotatable bonds is 11. The molecule has 1 amide bonds. The maximum Gasteiger partial charge on any atom is 0.340 e. The predicted molar refractivity (Wildman–Crippen MR) is 149 cm³/mol. The highest BCUT2D eigenvalue weighted by Crippen LogP contribution is 2.30. The Kier molecular flexibility index (Phi) is 8.86. The molecule has 0 aliphatic heterocycles. The normalized spacial score (nSPS) is 11.7. The number of hydrogen-bond acceptors (Lipinski definition) is 6. The summed E-state index contributed by atoms with van der Waals surface area (Å²) in [7, 11) is 0. The molecule has 38 heavy (non-hydrogen) atoms. The monoisotopic (exact) mass is 531 g/mol. The molecule has 196 valence electrons. The van der Waals surface area contributed by atoms with Crippen molar-refractivity contribution in [1.82, 2.24) is 5.32 Å². The van der Waals surface area contributed by atoms with Crippen molar-refractivity contribution in [3.05, 3.63) is 111 Å². The summed E-state index contributed by atoms with van der Waals surface area (Å²) in [5.74, 6) is -0.403. The number of hydrogen-bond donors (Lipinski definition) is 2. The van der Waals surface area contributed by atoms with Gasteiger partial charge in [0.2, 0.25) is 0 Å². The number of benzene rings is 3. The molecule has 4 rings (SSSR count). The fourth-order valence-electron chi connectivity index (χ4n) is 4.15. The smallest absolute Gasteiger partial charge is 0.340 e. The largest absolute Gasteiger partial charge is 0.483 e. The minimum Gasteiger partial charge on any atom is -0.483 e. The van der Waals surface area contributed by atoms with Crippen molar-refractivity contribution in [2.45, 2.75) is 32.1 Å². The number of fused-ring (bicyclic) bond motifs is 1. The van der Waals surface area contributed by atoms with Crippen LogP contribution in [0.15, 0.2) is 82.0 Å². The first-order valence-corrected chi connectivity index (χ1v) is 13.4. The molecule has 0 saturated heterocycles. The van der Waals surface area contributed by atoms with Crippen LogP contribution in [0.1, 0.15) is 27.8 Å². The number of aryl methyl sites for hydroxylation is 2. The Bertz CT molecular complexity index is 1480. The number of aliphatic carboxylic acids is 1. The molecule has 2 N–H and O–H groups in total. The number of amides is 1. The fraction of sp³-hybridized carbons (Fsp3) is 0.233. The SMILES string of the molecule is Cc1c(Cc2ccccc2)c(=O)oc2c(C)c(OCC(=O)N[C@@H](CSCc3ccccc3)C(=O)O)ccc12. The highest BCUT2D eigenvalue weighted by atomic mass is 32.2. The fourth-order valence-corrected chi connectivity index (χ4v) is 5.16. The van der Waals surface area contributed by atoms with E-state index in [4.69, 9.17) is 9.15 Å². The first-order valence-electron chi connectivity index (χ1n) is 12.2. The second kappa shape index (κ2) is 12.5. The zero-order valence-corrected chi connectivity index (χ0v) is 22.0. The van der Waals surface area contributed by atoms with Crippen molar-refractivity contribution >= 4 is 34.6 Å². The molecule has 0 aliphatic carbocycles. The third-order valence-corrected chi connectivity index (χ3v) is 7.37. The lowest BCUT2D eigenvalue weighted by Crippen LogP contribution is -2.44. The number of carbonyl (C=O) groups excluding carboxylic acids is 1. The van der Waals surface area contributed by atoms with E-state index in [0.29, 0.717) is 34.6 Å². The summed E-state index contributed by atoms with van der Waals surface area (Å²) in [5.41, 5.74) is 4.12. The van der Waals surface area contributed by atoms with Gasteiger partial charge in [0, 0.05) is 34.4 Å². The molecular weight excluding hydrogens is 502 g/mol. The highest BCUT2D eigenvalue weighted by molar-refractivity contribution is 7.98. The molecule has 0 unspecified atom stereocenters. The highest BCUT2D eigenvalue weighted by Gasteiger charge is 2.21. The molecule has 8 heteroatoms. The predicted octanol–water partition coefficient (Wildman–Crippen LogP) is 4.88. The van der Waals surface area contributed by atoms with Crippen LogP contribution in [0.5, 0.6) is 5.75 Å². The third-order valence-electron chi connectivity index (χ3n) is 6.27. The number of carboxylic acid groups (broad SMARTS) is 1. The number of ether oxygens (including phenoxy) is 1. The van der Waals surface area contributed by atoms with E-state index in [2.05, 4.69) is 5.32 Å². The van der Waals surface area contributed by atoms with Crippen molar-refractivity contribution in [2.24, 2.45) is 0 Å². The van der Waals surface area contributed by atoms with E-state index in [1.807, 2.05) is 73.7 Å². The lowest BCUT2D eigenvalue weighted by molar-refractivity contribution is -0.141. The Balaban J connectivity index is 1.41. The van der Waals surface area contributed by atoms with Gasteiger partial charge in [0.1, 0.15) is 17.4 Å². The number of nitrogens with one attached hydrogen (secondary N) is 1. The molecule has 0 fully saturated rings. The number of thioether (sulfide) groups is 1. The summed E-state index contributed by atoms with van der Waals surface area (Å²) >= 11 is 1.43. The van der Waals surface area contributed by atoms with Gasteiger partial charge in [0.15, 0.2) is 6.61 Å². The van der Waals surface area contributed by atoms with Crippen molar-refractivity contribution in [2.75, 3.05) is 12.4 Å². The quantitative estimate of drug-likeness (QED) is 0.266. The van der Waals surface area contributed by atoms with Gasteiger partial charge in [0.05, 0.1) is 0 Å². The zero-order chi connectivity index (χ0) is 27.1. The van der Waals surface area contributed by atoms with Gasteiger partial charge in [-0.25, -0.2) is 9.59 Å². The van der Waals surface area contributed by atoms with Gasteiger partial charge in [-0.05, 0) is 42.7 Å². The maximum absolute atomic E-state index is 12.8. The van der Waals surface area contributed by atoms with Crippen molar-refractivity contribution in [3.8, 4) is 5.75 Å². The molecule has 4 aromatic rings. The van der Waals surface area contributed by atoms with Crippen LogP contribution in [0.3, 0.4) is 0 Å². The molecular formula is C30H29NO6S. The van der Waals surface area contributed by atoms with Crippen molar-refractivity contribution < 1.29 is 23.8 Å². The Morgan fingerprint density at radius 3 is 2.26 bits per heavy atom. The van der Waals surface area contributed by atoms with Crippen LogP contribution in [-0.4, -0.2) is 35.4 Å². The maximum atomic E-state index is 12.8. The summed E-state index contributed by atoms with van der Waals surface area (Å²) in [5, 5.41) is 12.8. The van der Waals surface area contributed by atoms with Gasteiger partial charge in [-0.3, -0.25) is 4.79 Å². The van der Waals surface area contributed by atoms with Crippen LogP contribution >= 0.6 is 11.8 Å². The summed E-state index contributed by atoms with van der Waals surface area (Å²) in [6, 6.07) is 21.9. The average Bonchev–Trinajstić information content (AvgIpc) is 2.91. The van der Waals surface area contributed by atoms with Crippen LogP contribution in [0.2, 0.25) is 0 Å². The van der Waals surface area contributed by atoms with Crippen LogP contribution in [0, 0.1) is 13.8 Å². The van der Waals surface area contributed by atoms with Crippen LogP contribution in [0.25, 0.3) is 11.0 Å². The topological polar surface area (TPSA) is 106 Å². The van der Waals surface area contributed by atoms with E-state index in [1.54, 1.807) is 13.0 Å². The lowest BCUT2D eigenvalue weighted by atomic mass is 9.98. The molecule has 0 saturated carbocycles. The number of carboxylic acids is 1. The van der Waals surface area contributed by atoms with Gasteiger partial charge in [-0.2, -0.15) is 11.8 Å². The molecule has 1 heterocycles. The second-order valence-corrected chi connectivity index (χ2v) is 10.00. The van der Waals surface area contributed by atoms with Crippen LogP contribution in [-0.2, 0) is 21.8 Å². The molecule has 7 nitrogen and oxygen atoms in total. The Morgan fingerprint density at radius 2 is 1.61 bits per heavy atom. The summed E-state index contributed by atoms with van der Waals surface area (Å²) in [4.78, 5) is 37.0. The Hall–Kier alpha value is -4.04. The third kappa shape index (κ3) is 6.63. The molecule has 3 aromatic carbocycles. The Morgan fingerprint density at radius 1 is 0.947 bits per heavy atom. The van der Waals surface area contributed by atoms with Gasteiger partial charge in [-0.1, -0.05) is 60.7 Å². The van der Waals surface area contributed by atoms with Gasteiger partial charge < -0.3 is 19.6 Å². The van der Waals surface area contributed by atoms with Gasteiger partial charge in [0.25, 0.3) is 5.91 Å². The van der Waals surface area contributed by atoms with Crippen molar-refractivity contribution in [3.63, 3.8) is 0 Å². The van der Waals surface area contributed by atoms with E-state index in [9.17, 15) is 19.5 Å². The molecule has 0 aliphatic rings. The molecule has 1 atom stereocenters. The number of carbonyl (C=O) groups is 2. The van der Waals surface area contributed by atoms with E-state index >= 15 is 0 Å². The molecule has 1 aromatic heterocycles. The first kappa shape index (κ1) is 27.0. The molecule has 0 spiro atoms. The van der Waals surface area contributed by atoms with E-state index in [0.717, 1.165) is 22.1 Å². The first-order chi connectivity index (χ1) is 18.3. The summed E-state index contributed by atoms with van der Waals surface area (Å²) in [6.07, 6.45) is 0.469. The summed E-state index contributed by atoms with van der Waals surface area (Å²) < 4.78 is 11.4. The van der Waals surface area contributed by atoms with Gasteiger partial charge >= 0.3 is 11.6 Å². The van der Waals surface area contributed by atoms with Gasteiger partial charge in [-0.15, -0.1) is 0 Å². The van der Waals surface area contributed by atoms with E-state index < -0.39 is 23.5 Å². The van der Waals surface area contributed by atoms with E-state index in [1.165, 1.54) is 11.8 Å². The Labute approximate surface area is 224 Å². The average molecular weight is 532 g/mol. The molecule has 0 bridgehead atoms. The standard InChI is InChI=1S/C30H29NO6S/c1-19-23-13-14-26(20(2)28(23)37-30(35)24(19)15-21-9-5-3-6-10-21)36-16-27(32)31-25(29(33)34)18-38-17-22-11-7-4-8-12-22/h3-14,25H,15-18H2,1-2H3,(H,31,32)(H,33,34)/t25-/m0/s1.